The van der Waals surface area contributed by atoms with E-state index < -0.39 is 10.0 Å². The van der Waals surface area contributed by atoms with Crippen LogP contribution in [0.2, 0.25) is 5.02 Å². The van der Waals surface area contributed by atoms with Gasteiger partial charge in [0, 0.05) is 30.0 Å². The van der Waals surface area contributed by atoms with Crippen LogP contribution in [-0.2, 0) is 15.9 Å². The van der Waals surface area contributed by atoms with Crippen LogP contribution in [0.25, 0.3) is 0 Å². The number of rotatable bonds is 4. The lowest BCUT2D eigenvalue weighted by Gasteiger charge is -2.34. The number of alkyl halides is 1. The van der Waals surface area contributed by atoms with Crippen molar-refractivity contribution in [2.24, 2.45) is 0 Å². The van der Waals surface area contributed by atoms with E-state index in [9.17, 15) is 8.42 Å². The molecule has 1 aromatic rings. The third-order valence-corrected chi connectivity index (χ3v) is 6.50. The molecule has 118 valence electrons. The minimum atomic E-state index is -3.46. The van der Waals surface area contributed by atoms with Crippen LogP contribution in [0.15, 0.2) is 23.1 Å². The van der Waals surface area contributed by atoms with Crippen LogP contribution >= 0.6 is 23.2 Å². The fourth-order valence-corrected chi connectivity index (χ4v) is 4.56. The van der Waals surface area contributed by atoms with Crippen LogP contribution in [0.5, 0.6) is 0 Å². The molecule has 0 unspecified atom stereocenters. The Kier molecular flexibility index (Phi) is 5.54. The average molecular weight is 351 g/mol. The highest BCUT2D eigenvalue weighted by Crippen LogP contribution is 2.26. The summed E-state index contributed by atoms with van der Waals surface area (Å²) in [5, 5.41) is 0.496. The number of hydrogen-bond acceptors (Lipinski definition) is 3. The maximum absolute atomic E-state index is 12.7. The molecule has 1 aromatic carbocycles. The lowest BCUT2D eigenvalue weighted by Crippen LogP contribution is -2.44. The Morgan fingerprint density at radius 2 is 1.90 bits per heavy atom. The minimum absolute atomic E-state index is 0.199. The Hall–Kier alpha value is -0.330. The standard InChI is InChI=1S/C14H20Cl2N2O2S/c1-17(2)12-5-7-18(8-6-12)21(19,20)13-3-4-14(16)11(9-13)10-15/h3-4,9,12H,5-8,10H2,1-2H3. The summed E-state index contributed by atoms with van der Waals surface area (Å²) >= 11 is 11.8. The van der Waals surface area contributed by atoms with Crippen molar-refractivity contribution in [1.29, 1.82) is 0 Å². The van der Waals surface area contributed by atoms with Crippen LogP contribution in [0.4, 0.5) is 0 Å². The zero-order valence-corrected chi connectivity index (χ0v) is 14.5. The van der Waals surface area contributed by atoms with Gasteiger partial charge in [0.05, 0.1) is 4.90 Å². The van der Waals surface area contributed by atoms with Gasteiger partial charge in [-0.05, 0) is 50.7 Å². The van der Waals surface area contributed by atoms with Crippen molar-refractivity contribution < 1.29 is 8.42 Å². The molecule has 0 N–H and O–H groups in total. The topological polar surface area (TPSA) is 40.6 Å². The molecule has 0 atom stereocenters. The Bertz CT molecular complexity index is 597. The molecule has 1 fully saturated rings. The van der Waals surface area contributed by atoms with Gasteiger partial charge in [0.15, 0.2) is 0 Å². The smallest absolute Gasteiger partial charge is 0.243 e. The van der Waals surface area contributed by atoms with Crippen molar-refractivity contribution in [3.05, 3.63) is 28.8 Å². The first kappa shape index (κ1) is 17.0. The van der Waals surface area contributed by atoms with Gasteiger partial charge in [0.1, 0.15) is 0 Å². The molecule has 0 saturated carbocycles. The number of nitrogens with zero attached hydrogens (tertiary/aromatic N) is 2. The van der Waals surface area contributed by atoms with Gasteiger partial charge in [0.25, 0.3) is 0 Å². The van der Waals surface area contributed by atoms with E-state index in [2.05, 4.69) is 4.90 Å². The van der Waals surface area contributed by atoms with E-state index in [1.54, 1.807) is 22.5 Å². The normalized spacial score (nSPS) is 18.3. The highest BCUT2D eigenvalue weighted by molar-refractivity contribution is 7.89. The van der Waals surface area contributed by atoms with E-state index in [1.807, 2.05) is 14.1 Å². The zero-order chi connectivity index (χ0) is 15.6. The Labute approximate surface area is 136 Å². The lowest BCUT2D eigenvalue weighted by atomic mass is 10.1. The van der Waals surface area contributed by atoms with Crippen molar-refractivity contribution in [3.63, 3.8) is 0 Å². The summed E-state index contributed by atoms with van der Waals surface area (Å²) in [4.78, 5) is 2.42. The van der Waals surface area contributed by atoms with Crippen molar-refractivity contribution in [2.45, 2.75) is 29.7 Å². The molecule has 0 spiro atoms. The van der Waals surface area contributed by atoms with Gasteiger partial charge in [0.2, 0.25) is 10.0 Å². The first-order valence-electron chi connectivity index (χ1n) is 6.87. The molecule has 4 nitrogen and oxygen atoms in total. The molecule has 0 amide bonds. The molecule has 1 aliphatic heterocycles. The highest BCUT2D eigenvalue weighted by atomic mass is 35.5. The first-order chi connectivity index (χ1) is 9.86. The molecule has 1 aliphatic rings. The van der Waals surface area contributed by atoms with E-state index in [-0.39, 0.29) is 10.8 Å². The second kappa shape index (κ2) is 6.84. The third kappa shape index (κ3) is 3.71. The van der Waals surface area contributed by atoms with E-state index >= 15 is 0 Å². The summed E-state index contributed by atoms with van der Waals surface area (Å²) in [6.07, 6.45) is 1.70. The molecule has 0 bridgehead atoms. The Balaban J connectivity index is 2.19. The molecule has 0 aromatic heterocycles. The number of halogens is 2. The fraction of sp³-hybridized carbons (Fsp3) is 0.571. The largest absolute Gasteiger partial charge is 0.306 e. The minimum Gasteiger partial charge on any atom is -0.306 e. The fourth-order valence-electron chi connectivity index (χ4n) is 2.56. The van der Waals surface area contributed by atoms with Gasteiger partial charge in [-0.25, -0.2) is 8.42 Å². The Morgan fingerprint density at radius 3 is 2.43 bits per heavy atom. The van der Waals surface area contributed by atoms with Gasteiger partial charge >= 0.3 is 0 Å². The Morgan fingerprint density at radius 1 is 1.29 bits per heavy atom. The van der Waals surface area contributed by atoms with Gasteiger partial charge in [-0.3, -0.25) is 0 Å². The molecule has 0 radical (unpaired) electrons. The van der Waals surface area contributed by atoms with Crippen molar-refractivity contribution in [2.75, 3.05) is 27.2 Å². The number of piperidine rings is 1. The van der Waals surface area contributed by atoms with Gasteiger partial charge in [-0.1, -0.05) is 11.6 Å². The molecule has 1 heterocycles. The van der Waals surface area contributed by atoms with E-state index in [0.29, 0.717) is 29.7 Å². The van der Waals surface area contributed by atoms with Crippen LogP contribution < -0.4 is 0 Å². The molecule has 2 rings (SSSR count). The molecule has 7 heteroatoms. The summed E-state index contributed by atoms with van der Waals surface area (Å²) in [6, 6.07) is 5.16. The molecule has 1 saturated heterocycles. The summed E-state index contributed by atoms with van der Waals surface area (Å²) in [6.45, 7) is 1.09. The third-order valence-electron chi connectivity index (χ3n) is 3.95. The quantitative estimate of drug-likeness (QED) is 0.784. The monoisotopic (exact) mass is 350 g/mol. The maximum atomic E-state index is 12.7. The number of hydrogen-bond donors (Lipinski definition) is 0. The highest BCUT2D eigenvalue weighted by Gasteiger charge is 2.30. The first-order valence-corrected chi connectivity index (χ1v) is 9.22. The van der Waals surface area contributed by atoms with E-state index in [0.717, 1.165) is 12.8 Å². The molecular formula is C14H20Cl2N2O2S. The van der Waals surface area contributed by atoms with Gasteiger partial charge in [-0.2, -0.15) is 4.31 Å². The summed E-state index contributed by atoms with van der Waals surface area (Å²) in [5.74, 6) is 0.199. The number of benzene rings is 1. The predicted molar refractivity (Wildman–Crippen MR) is 86.5 cm³/mol. The van der Waals surface area contributed by atoms with Crippen LogP contribution in [0.1, 0.15) is 18.4 Å². The van der Waals surface area contributed by atoms with Crippen molar-refractivity contribution in [3.8, 4) is 0 Å². The van der Waals surface area contributed by atoms with Crippen molar-refractivity contribution >= 4 is 33.2 Å². The lowest BCUT2D eigenvalue weighted by molar-refractivity contribution is 0.196. The van der Waals surface area contributed by atoms with Crippen LogP contribution in [0, 0.1) is 0 Å². The van der Waals surface area contributed by atoms with Crippen molar-refractivity contribution in [1.82, 2.24) is 9.21 Å². The number of sulfonamides is 1. The van der Waals surface area contributed by atoms with Crippen LogP contribution in [0.3, 0.4) is 0 Å². The van der Waals surface area contributed by atoms with Gasteiger partial charge in [-0.15, -0.1) is 11.6 Å². The molecule has 0 aliphatic carbocycles. The second-order valence-corrected chi connectivity index (χ2v) is 8.10. The summed E-state index contributed by atoms with van der Waals surface area (Å²) in [7, 11) is 0.594. The zero-order valence-electron chi connectivity index (χ0n) is 12.2. The average Bonchev–Trinajstić information content (AvgIpc) is 2.47. The summed E-state index contributed by atoms with van der Waals surface area (Å²) in [5.41, 5.74) is 0.641. The maximum Gasteiger partial charge on any atom is 0.243 e. The summed E-state index contributed by atoms with van der Waals surface area (Å²) < 4.78 is 26.9. The molecular weight excluding hydrogens is 331 g/mol. The van der Waals surface area contributed by atoms with E-state index in [1.165, 1.54) is 0 Å². The predicted octanol–water partition coefficient (Wildman–Crippen LogP) is 2.79. The van der Waals surface area contributed by atoms with E-state index in [4.69, 9.17) is 23.2 Å². The second-order valence-electron chi connectivity index (χ2n) is 5.49. The molecule has 21 heavy (non-hydrogen) atoms. The van der Waals surface area contributed by atoms with Crippen LogP contribution in [-0.4, -0.2) is 50.8 Å². The van der Waals surface area contributed by atoms with Gasteiger partial charge < -0.3 is 4.90 Å². The SMILES string of the molecule is CN(C)C1CCN(S(=O)(=O)c2ccc(Cl)c(CCl)c2)CC1.